The molecule has 1 atom stereocenters. The smallest absolute Gasteiger partial charge is 0.662 e. The molecule has 1 aliphatic heterocycles. The first-order chi connectivity index (χ1) is 3.89. The van der Waals surface area contributed by atoms with Crippen molar-refractivity contribution in [3.8, 4) is 0 Å². The number of hydrogen-bond acceptors (Lipinski definition) is 0. The second kappa shape index (κ2) is 9.77. The minimum Gasteiger partial charge on any atom is -0.662 e. The van der Waals surface area contributed by atoms with Gasteiger partial charge in [-0.1, -0.05) is 33.1 Å². The largest absolute Gasteiger partial charge is 1.00 e. The molecule has 1 aliphatic rings. The van der Waals surface area contributed by atoms with Gasteiger partial charge >= 0.3 is 58.2 Å². The minimum atomic E-state index is 0. The topological polar surface area (TPSA) is 14.1 Å². The molecule has 1 unspecified atom stereocenters. The summed E-state index contributed by atoms with van der Waals surface area (Å²) in [5.74, 6) is 0.880. The maximum absolute atomic E-state index is 4.16. The van der Waals surface area contributed by atoms with E-state index in [-0.39, 0.29) is 58.2 Å². The third kappa shape index (κ3) is 7.66. The van der Waals surface area contributed by atoms with Crippen LogP contribution in [-0.2, 0) is 0 Å². The van der Waals surface area contributed by atoms with E-state index in [0.29, 0.717) is 0 Å². The molecule has 1 heterocycles. The van der Waals surface area contributed by atoms with Gasteiger partial charge in [-0.25, -0.2) is 0 Å². The third-order valence-corrected chi connectivity index (χ3v) is 1.22. The second-order valence-corrected chi connectivity index (χ2v) is 2.02. The summed E-state index contributed by atoms with van der Waals surface area (Å²) in [6.07, 6.45) is 1.32. The number of nitrogens with zero attached hydrogens (tertiary/aromatic N) is 1. The number of rotatable bonds is 0. The molecule has 0 spiro atoms. The van der Waals surface area contributed by atoms with Crippen LogP contribution in [0.2, 0.25) is 0 Å². The quantitative estimate of drug-likeness (QED) is 0.496. The zero-order valence-corrected chi connectivity index (χ0v) is 12.1. The SMILES string of the molecule is CC.CC1CC[N-]C1.[Rb+]. The molecule has 0 amide bonds. The molecule has 2 heteroatoms. The molecule has 0 saturated carbocycles. The fourth-order valence-corrected chi connectivity index (χ4v) is 0.715. The van der Waals surface area contributed by atoms with Gasteiger partial charge in [-0.15, -0.1) is 13.1 Å². The standard InChI is InChI=1S/C5H10N.C2H6.Rb/c1-5-2-3-6-4-5;1-2;/h5H,2-4H2,1H3;1-2H3;/q-1;;+1. The molecule has 1 rings (SSSR count). The van der Waals surface area contributed by atoms with Crippen LogP contribution >= 0.6 is 0 Å². The third-order valence-electron chi connectivity index (χ3n) is 1.22. The Morgan fingerprint density at radius 1 is 1.33 bits per heavy atom. The molecule has 1 saturated heterocycles. The Kier molecular flexibility index (Phi) is 14.5. The molecule has 0 aromatic carbocycles. The first-order valence-corrected chi connectivity index (χ1v) is 3.53. The molecule has 0 aliphatic carbocycles. The summed E-state index contributed by atoms with van der Waals surface area (Å²) in [6, 6.07) is 0. The Balaban J connectivity index is 0. The molecular formula is C7H16NRb. The van der Waals surface area contributed by atoms with E-state index in [2.05, 4.69) is 12.2 Å². The first kappa shape index (κ1) is 13.4. The van der Waals surface area contributed by atoms with E-state index in [1.807, 2.05) is 13.8 Å². The Bertz CT molecular complexity index is 42.2. The predicted octanol–water partition coefficient (Wildman–Crippen LogP) is -0.570. The van der Waals surface area contributed by atoms with E-state index >= 15 is 0 Å². The van der Waals surface area contributed by atoms with Crippen molar-refractivity contribution in [3.63, 3.8) is 0 Å². The van der Waals surface area contributed by atoms with E-state index in [1.165, 1.54) is 6.42 Å². The summed E-state index contributed by atoms with van der Waals surface area (Å²) in [5.41, 5.74) is 0. The van der Waals surface area contributed by atoms with Gasteiger partial charge in [0.1, 0.15) is 0 Å². The van der Waals surface area contributed by atoms with Crippen molar-refractivity contribution in [1.29, 1.82) is 0 Å². The first-order valence-electron chi connectivity index (χ1n) is 3.53. The van der Waals surface area contributed by atoms with Gasteiger partial charge < -0.3 is 5.32 Å². The van der Waals surface area contributed by atoms with Crippen LogP contribution in [0.4, 0.5) is 0 Å². The van der Waals surface area contributed by atoms with E-state index < -0.39 is 0 Å². The van der Waals surface area contributed by atoms with Crippen molar-refractivity contribution < 1.29 is 58.2 Å². The fraction of sp³-hybridized carbons (Fsp3) is 1.00. The van der Waals surface area contributed by atoms with Crippen molar-refractivity contribution >= 4 is 0 Å². The monoisotopic (exact) mass is 199 g/mol. The van der Waals surface area contributed by atoms with Gasteiger partial charge in [-0.05, 0) is 0 Å². The predicted molar refractivity (Wildman–Crippen MR) is 38.2 cm³/mol. The molecule has 9 heavy (non-hydrogen) atoms. The Hall–Kier alpha value is 1.77. The molecule has 1 nitrogen and oxygen atoms in total. The molecule has 0 radical (unpaired) electrons. The van der Waals surface area contributed by atoms with Crippen LogP contribution in [0.3, 0.4) is 0 Å². The van der Waals surface area contributed by atoms with Crippen LogP contribution in [0.1, 0.15) is 27.2 Å². The second-order valence-electron chi connectivity index (χ2n) is 2.02. The van der Waals surface area contributed by atoms with Crippen molar-refractivity contribution in [2.24, 2.45) is 5.92 Å². The van der Waals surface area contributed by atoms with E-state index in [1.54, 1.807) is 0 Å². The zero-order valence-electron chi connectivity index (χ0n) is 7.15. The number of hydrogen-bond donors (Lipinski definition) is 0. The van der Waals surface area contributed by atoms with E-state index in [4.69, 9.17) is 0 Å². The summed E-state index contributed by atoms with van der Waals surface area (Å²) in [4.78, 5) is 0. The van der Waals surface area contributed by atoms with E-state index in [0.717, 1.165) is 19.0 Å². The summed E-state index contributed by atoms with van der Waals surface area (Å²) < 4.78 is 0. The van der Waals surface area contributed by atoms with Crippen molar-refractivity contribution in [2.45, 2.75) is 27.2 Å². The van der Waals surface area contributed by atoms with Crippen LogP contribution in [0.25, 0.3) is 5.32 Å². The molecule has 50 valence electrons. The maximum Gasteiger partial charge on any atom is 1.00 e. The van der Waals surface area contributed by atoms with Crippen LogP contribution in [0.15, 0.2) is 0 Å². The average molecular weight is 200 g/mol. The van der Waals surface area contributed by atoms with Crippen LogP contribution in [0, 0.1) is 5.92 Å². The Morgan fingerprint density at radius 3 is 2.00 bits per heavy atom. The summed E-state index contributed by atoms with van der Waals surface area (Å²) >= 11 is 0. The van der Waals surface area contributed by atoms with Crippen LogP contribution < -0.4 is 58.2 Å². The normalized spacial score (nSPS) is 23.7. The van der Waals surface area contributed by atoms with Gasteiger partial charge in [0, 0.05) is 0 Å². The Morgan fingerprint density at radius 2 is 1.89 bits per heavy atom. The van der Waals surface area contributed by atoms with Gasteiger partial charge in [0.05, 0.1) is 0 Å². The fourth-order valence-electron chi connectivity index (χ4n) is 0.715. The van der Waals surface area contributed by atoms with Gasteiger partial charge in [-0.2, -0.15) is 0 Å². The maximum atomic E-state index is 4.16. The van der Waals surface area contributed by atoms with E-state index in [9.17, 15) is 0 Å². The van der Waals surface area contributed by atoms with Crippen molar-refractivity contribution in [2.75, 3.05) is 13.1 Å². The van der Waals surface area contributed by atoms with Crippen molar-refractivity contribution in [3.05, 3.63) is 5.32 Å². The zero-order chi connectivity index (χ0) is 6.41. The summed E-state index contributed by atoms with van der Waals surface area (Å²) in [7, 11) is 0. The van der Waals surface area contributed by atoms with Crippen LogP contribution in [0.5, 0.6) is 0 Å². The average Bonchev–Trinajstić information content (AvgIpc) is 2.24. The summed E-state index contributed by atoms with van der Waals surface area (Å²) in [5, 5.41) is 4.16. The minimum absolute atomic E-state index is 0. The Labute approximate surface area is 108 Å². The molecule has 0 aromatic heterocycles. The van der Waals surface area contributed by atoms with Crippen molar-refractivity contribution in [1.82, 2.24) is 0 Å². The van der Waals surface area contributed by atoms with Crippen LogP contribution in [-0.4, -0.2) is 13.1 Å². The molecule has 0 N–H and O–H groups in total. The van der Waals surface area contributed by atoms with Gasteiger partial charge in [-0.3, -0.25) is 0 Å². The van der Waals surface area contributed by atoms with Gasteiger partial charge in [0.25, 0.3) is 0 Å². The van der Waals surface area contributed by atoms with Gasteiger partial charge in [0.15, 0.2) is 0 Å². The molecule has 1 fully saturated rings. The van der Waals surface area contributed by atoms with Gasteiger partial charge in [0.2, 0.25) is 0 Å². The molecular weight excluding hydrogens is 184 g/mol. The molecule has 0 aromatic rings. The molecule has 0 bridgehead atoms. The summed E-state index contributed by atoms with van der Waals surface area (Å²) in [6.45, 7) is 8.47.